The second-order valence-corrected chi connectivity index (χ2v) is 3.98. The molecule has 0 fully saturated rings. The Morgan fingerprint density at radius 2 is 1.75 bits per heavy atom. The Labute approximate surface area is 113 Å². The molecule has 0 aliphatic rings. The van der Waals surface area contributed by atoms with Crippen LogP contribution in [0.3, 0.4) is 0 Å². The number of ether oxygens (including phenoxy) is 1. The molecular formula is C14H11F2NO3. The van der Waals surface area contributed by atoms with Gasteiger partial charge >= 0.3 is 6.09 Å². The van der Waals surface area contributed by atoms with Gasteiger partial charge in [-0.1, -0.05) is 12.1 Å². The third kappa shape index (κ3) is 2.85. The van der Waals surface area contributed by atoms with Gasteiger partial charge in [-0.3, -0.25) is 5.32 Å². The molecule has 0 aliphatic heterocycles. The number of hydrogen-bond donors (Lipinski definition) is 2. The van der Waals surface area contributed by atoms with E-state index < -0.39 is 17.7 Å². The number of benzene rings is 2. The monoisotopic (exact) mass is 279 g/mol. The highest BCUT2D eigenvalue weighted by molar-refractivity contribution is 5.85. The van der Waals surface area contributed by atoms with Gasteiger partial charge in [0.1, 0.15) is 5.75 Å². The zero-order valence-electron chi connectivity index (χ0n) is 10.5. The number of aromatic hydroxyl groups is 1. The van der Waals surface area contributed by atoms with Crippen LogP contribution in [-0.4, -0.2) is 18.3 Å². The largest absolute Gasteiger partial charge is 0.507 e. The van der Waals surface area contributed by atoms with Crippen LogP contribution >= 0.6 is 0 Å². The van der Waals surface area contributed by atoms with Crippen LogP contribution in [-0.2, 0) is 4.74 Å². The van der Waals surface area contributed by atoms with Crippen molar-refractivity contribution in [2.75, 3.05) is 12.4 Å². The van der Waals surface area contributed by atoms with Gasteiger partial charge in [-0.05, 0) is 23.8 Å². The fourth-order valence-electron chi connectivity index (χ4n) is 1.67. The summed E-state index contributed by atoms with van der Waals surface area (Å²) in [5.74, 6) is -2.53. The number of rotatable bonds is 2. The van der Waals surface area contributed by atoms with Gasteiger partial charge in [-0.2, -0.15) is 0 Å². The first-order chi connectivity index (χ1) is 9.51. The summed E-state index contributed by atoms with van der Waals surface area (Å²) in [6, 6.07) is 7.83. The molecule has 0 aromatic heterocycles. The van der Waals surface area contributed by atoms with Crippen LogP contribution < -0.4 is 5.32 Å². The van der Waals surface area contributed by atoms with Crippen LogP contribution in [0.5, 0.6) is 5.75 Å². The molecule has 4 nitrogen and oxygen atoms in total. The van der Waals surface area contributed by atoms with E-state index in [0.29, 0.717) is 17.3 Å². The summed E-state index contributed by atoms with van der Waals surface area (Å²) in [6.07, 6.45) is -0.617. The average Bonchev–Trinajstić information content (AvgIpc) is 2.44. The topological polar surface area (TPSA) is 58.6 Å². The predicted molar refractivity (Wildman–Crippen MR) is 69.5 cm³/mol. The Hall–Kier alpha value is -2.63. The van der Waals surface area contributed by atoms with Crippen LogP contribution in [0.15, 0.2) is 36.4 Å². The zero-order valence-corrected chi connectivity index (χ0v) is 10.5. The maximum Gasteiger partial charge on any atom is 0.411 e. The fourth-order valence-corrected chi connectivity index (χ4v) is 1.67. The highest BCUT2D eigenvalue weighted by Crippen LogP contribution is 2.31. The molecule has 0 atom stereocenters. The lowest BCUT2D eigenvalue weighted by Gasteiger charge is -2.08. The smallest absolute Gasteiger partial charge is 0.411 e. The number of methoxy groups -OCH3 is 1. The van der Waals surface area contributed by atoms with E-state index in [1.807, 2.05) is 0 Å². The highest BCUT2D eigenvalue weighted by Gasteiger charge is 2.11. The van der Waals surface area contributed by atoms with Gasteiger partial charge in [0.15, 0.2) is 11.6 Å². The van der Waals surface area contributed by atoms with Crippen LogP contribution in [0.1, 0.15) is 0 Å². The SMILES string of the molecule is COC(=O)Nc1ccc(-c2cc(F)c(F)cc2O)cc1. The van der Waals surface area contributed by atoms with Gasteiger partial charge in [0.05, 0.1) is 7.11 Å². The summed E-state index contributed by atoms with van der Waals surface area (Å²) in [5, 5.41) is 12.1. The van der Waals surface area contributed by atoms with Crippen LogP contribution in [0.2, 0.25) is 0 Å². The molecule has 0 saturated heterocycles. The summed E-state index contributed by atoms with van der Waals surface area (Å²) in [7, 11) is 1.24. The summed E-state index contributed by atoms with van der Waals surface area (Å²) in [5.41, 5.74) is 1.12. The molecule has 0 bridgehead atoms. The lowest BCUT2D eigenvalue weighted by atomic mass is 10.0. The maximum atomic E-state index is 13.2. The van der Waals surface area contributed by atoms with Gasteiger partial charge in [0.2, 0.25) is 0 Å². The molecule has 2 aromatic rings. The van der Waals surface area contributed by atoms with E-state index in [9.17, 15) is 18.7 Å². The average molecular weight is 279 g/mol. The number of nitrogens with one attached hydrogen (secondary N) is 1. The number of carbonyl (C=O) groups is 1. The summed E-state index contributed by atoms with van der Waals surface area (Å²) >= 11 is 0. The third-order valence-corrected chi connectivity index (χ3v) is 2.67. The van der Waals surface area contributed by atoms with Gasteiger partial charge < -0.3 is 9.84 Å². The van der Waals surface area contributed by atoms with Gasteiger partial charge in [0, 0.05) is 17.3 Å². The quantitative estimate of drug-likeness (QED) is 0.884. The molecule has 0 unspecified atom stereocenters. The van der Waals surface area contributed by atoms with Crippen LogP contribution in [0, 0.1) is 11.6 Å². The summed E-state index contributed by atoms with van der Waals surface area (Å²) < 4.78 is 30.5. The number of halogens is 2. The van der Waals surface area contributed by atoms with Gasteiger partial charge in [0.25, 0.3) is 0 Å². The number of carbonyl (C=O) groups excluding carboxylic acids is 1. The van der Waals surface area contributed by atoms with Crippen LogP contribution in [0.4, 0.5) is 19.3 Å². The minimum atomic E-state index is -1.12. The van der Waals surface area contributed by atoms with Crippen molar-refractivity contribution in [3.05, 3.63) is 48.0 Å². The molecule has 0 saturated carbocycles. The number of hydrogen-bond acceptors (Lipinski definition) is 3. The lowest BCUT2D eigenvalue weighted by Crippen LogP contribution is -2.10. The second-order valence-electron chi connectivity index (χ2n) is 3.98. The van der Waals surface area contributed by atoms with E-state index in [2.05, 4.69) is 10.1 Å². The molecule has 104 valence electrons. The first-order valence-corrected chi connectivity index (χ1v) is 5.64. The summed E-state index contributed by atoms with van der Waals surface area (Å²) in [6.45, 7) is 0. The predicted octanol–water partition coefficient (Wildman–Crippen LogP) is 3.52. The van der Waals surface area contributed by atoms with E-state index in [1.165, 1.54) is 7.11 Å². The summed E-state index contributed by atoms with van der Waals surface area (Å²) in [4.78, 5) is 11.0. The van der Waals surface area contributed by atoms with Crippen molar-refractivity contribution in [1.82, 2.24) is 0 Å². The van der Waals surface area contributed by atoms with Crippen LogP contribution in [0.25, 0.3) is 11.1 Å². The molecule has 6 heteroatoms. The van der Waals surface area contributed by atoms with E-state index >= 15 is 0 Å². The Bertz CT molecular complexity index is 642. The minimum Gasteiger partial charge on any atom is -0.507 e. The fraction of sp³-hybridized carbons (Fsp3) is 0.0714. The molecule has 20 heavy (non-hydrogen) atoms. The number of phenols is 1. The van der Waals surface area contributed by atoms with E-state index in [1.54, 1.807) is 24.3 Å². The third-order valence-electron chi connectivity index (χ3n) is 2.67. The standard InChI is InChI=1S/C14H11F2NO3/c1-20-14(19)17-9-4-2-8(3-5-9)10-6-11(15)12(16)7-13(10)18/h2-7,18H,1H3,(H,17,19). The number of anilines is 1. The van der Waals surface area contributed by atoms with Gasteiger partial charge in [-0.25, -0.2) is 13.6 Å². The van der Waals surface area contributed by atoms with Crippen molar-refractivity contribution in [3.63, 3.8) is 0 Å². The molecule has 2 N–H and O–H groups in total. The van der Waals surface area contributed by atoms with E-state index in [0.717, 1.165) is 6.07 Å². The first-order valence-electron chi connectivity index (χ1n) is 5.64. The Balaban J connectivity index is 2.30. The first kappa shape index (κ1) is 13.8. The molecule has 2 rings (SSSR count). The number of amides is 1. The Morgan fingerprint density at radius 1 is 1.15 bits per heavy atom. The van der Waals surface area contributed by atoms with Crippen molar-refractivity contribution < 1.29 is 23.4 Å². The highest BCUT2D eigenvalue weighted by atomic mass is 19.2. The van der Waals surface area contributed by atoms with Crippen molar-refractivity contribution in [3.8, 4) is 16.9 Å². The molecule has 0 radical (unpaired) electrons. The lowest BCUT2D eigenvalue weighted by molar-refractivity contribution is 0.187. The second kappa shape index (κ2) is 5.56. The zero-order chi connectivity index (χ0) is 14.7. The number of phenolic OH excluding ortho intramolecular Hbond substituents is 1. The van der Waals surface area contributed by atoms with Crippen molar-refractivity contribution in [1.29, 1.82) is 0 Å². The van der Waals surface area contributed by atoms with Crippen molar-refractivity contribution in [2.24, 2.45) is 0 Å². The van der Waals surface area contributed by atoms with Crippen molar-refractivity contribution >= 4 is 11.8 Å². The Morgan fingerprint density at radius 3 is 2.35 bits per heavy atom. The maximum absolute atomic E-state index is 13.2. The molecule has 0 spiro atoms. The molecule has 0 aliphatic carbocycles. The molecule has 1 amide bonds. The van der Waals surface area contributed by atoms with Gasteiger partial charge in [-0.15, -0.1) is 0 Å². The van der Waals surface area contributed by atoms with Crippen molar-refractivity contribution in [2.45, 2.75) is 0 Å². The van der Waals surface area contributed by atoms with E-state index in [-0.39, 0.29) is 11.3 Å². The van der Waals surface area contributed by atoms with E-state index in [4.69, 9.17) is 0 Å². The Kier molecular flexibility index (Phi) is 3.84. The molecule has 2 aromatic carbocycles. The minimum absolute atomic E-state index is 0.161. The normalized spacial score (nSPS) is 10.2. The molecular weight excluding hydrogens is 268 g/mol. The molecule has 0 heterocycles.